The van der Waals surface area contributed by atoms with E-state index in [2.05, 4.69) is 4.98 Å². The molecule has 0 saturated carbocycles. The lowest BCUT2D eigenvalue weighted by Gasteiger charge is -2.06. The summed E-state index contributed by atoms with van der Waals surface area (Å²) < 4.78 is 9.72. The van der Waals surface area contributed by atoms with Crippen LogP contribution in [0, 0.1) is 0 Å². The Morgan fingerprint density at radius 2 is 1.73 bits per heavy atom. The minimum Gasteiger partial charge on any atom is -0.466 e. The first-order valence-corrected chi connectivity index (χ1v) is 6.79. The highest BCUT2D eigenvalue weighted by molar-refractivity contribution is 5.93. The van der Waals surface area contributed by atoms with Gasteiger partial charge in [0.2, 0.25) is 0 Å². The monoisotopic (exact) mass is 332 g/mol. The minimum absolute atomic E-state index is 0. The predicted molar refractivity (Wildman–Crippen MR) is 81.8 cm³/mol. The van der Waals surface area contributed by atoms with Gasteiger partial charge in [-0.3, -0.25) is 14.4 Å². The van der Waals surface area contributed by atoms with Crippen LogP contribution in [0.3, 0.4) is 0 Å². The number of H-pyrrole nitrogens is 1. The van der Waals surface area contributed by atoms with Gasteiger partial charge < -0.3 is 20.2 Å². The topological polar surface area (TPSA) is 111 Å². The van der Waals surface area contributed by atoms with E-state index in [1.165, 1.54) is 6.20 Å². The van der Waals surface area contributed by atoms with Gasteiger partial charge in [-0.15, -0.1) is 12.4 Å². The Labute approximate surface area is 134 Å². The van der Waals surface area contributed by atoms with Crippen molar-refractivity contribution in [2.24, 2.45) is 5.73 Å². The van der Waals surface area contributed by atoms with Crippen LogP contribution >= 0.6 is 12.4 Å². The maximum atomic E-state index is 11.5. The number of hydrogen-bond acceptors (Lipinski definition) is 5. The minimum atomic E-state index is -0.635. The fourth-order valence-corrected chi connectivity index (χ4v) is 1.98. The molecular formula is C14H21ClN2O5. The number of amides is 1. The van der Waals surface area contributed by atoms with Crippen molar-refractivity contribution >= 4 is 30.3 Å². The van der Waals surface area contributed by atoms with Crippen LogP contribution in [-0.2, 0) is 31.9 Å². The molecule has 0 bridgehead atoms. The molecular weight excluding hydrogens is 312 g/mol. The molecule has 0 spiro atoms. The Kier molecular flexibility index (Phi) is 8.93. The molecule has 7 nitrogen and oxygen atoms in total. The van der Waals surface area contributed by atoms with Crippen LogP contribution < -0.4 is 5.73 Å². The molecule has 3 N–H and O–H groups in total. The molecule has 1 rings (SSSR count). The molecule has 124 valence electrons. The molecule has 8 heteroatoms. The number of halogens is 1. The average molecular weight is 333 g/mol. The number of aromatic nitrogens is 1. The fourth-order valence-electron chi connectivity index (χ4n) is 1.98. The first kappa shape index (κ1) is 20.0. The Bertz CT molecular complexity index is 527. The highest BCUT2D eigenvalue weighted by Crippen LogP contribution is 2.18. The van der Waals surface area contributed by atoms with E-state index in [4.69, 9.17) is 15.2 Å². The van der Waals surface area contributed by atoms with Crippen molar-refractivity contribution in [2.75, 3.05) is 13.2 Å². The number of rotatable bonds is 8. The van der Waals surface area contributed by atoms with Crippen molar-refractivity contribution < 1.29 is 23.9 Å². The van der Waals surface area contributed by atoms with Crippen LogP contribution in [0.25, 0.3) is 0 Å². The van der Waals surface area contributed by atoms with Crippen LogP contribution in [-0.4, -0.2) is 36.0 Å². The molecule has 0 aliphatic rings. The number of carbonyl (C=O) groups excluding carboxylic acids is 3. The third-order valence-electron chi connectivity index (χ3n) is 2.85. The SMILES string of the molecule is CCOC(=O)CCc1c(CC(=O)OCC)c[nH]c1C(N)=O.Cl. The van der Waals surface area contributed by atoms with Crippen LogP contribution in [0.1, 0.15) is 41.9 Å². The Morgan fingerprint density at radius 1 is 1.14 bits per heavy atom. The zero-order chi connectivity index (χ0) is 15.8. The third kappa shape index (κ3) is 5.77. The molecule has 0 fully saturated rings. The van der Waals surface area contributed by atoms with Gasteiger partial charge in [0, 0.05) is 12.6 Å². The lowest BCUT2D eigenvalue weighted by atomic mass is 10.0. The maximum absolute atomic E-state index is 11.5. The van der Waals surface area contributed by atoms with Crippen LogP contribution in [0.5, 0.6) is 0 Å². The zero-order valence-corrected chi connectivity index (χ0v) is 13.5. The highest BCUT2D eigenvalue weighted by atomic mass is 35.5. The summed E-state index contributed by atoms with van der Waals surface area (Å²) in [6, 6.07) is 0. The number of nitrogens with two attached hydrogens (primary N) is 1. The number of primary amides is 1. The van der Waals surface area contributed by atoms with Crippen LogP contribution in [0.15, 0.2) is 6.20 Å². The summed E-state index contributed by atoms with van der Waals surface area (Å²) in [6.07, 6.45) is 1.95. The summed E-state index contributed by atoms with van der Waals surface area (Å²) in [5, 5.41) is 0. The average Bonchev–Trinajstić information content (AvgIpc) is 2.80. The number of nitrogens with one attached hydrogen (secondary N) is 1. The Hall–Kier alpha value is -2.02. The van der Waals surface area contributed by atoms with E-state index in [1.807, 2.05) is 0 Å². The van der Waals surface area contributed by atoms with Crippen molar-refractivity contribution in [1.29, 1.82) is 0 Å². The molecule has 0 unspecified atom stereocenters. The second kappa shape index (κ2) is 9.83. The molecule has 1 amide bonds. The second-order valence-electron chi connectivity index (χ2n) is 4.32. The summed E-state index contributed by atoms with van der Waals surface area (Å²) in [4.78, 5) is 37.1. The van der Waals surface area contributed by atoms with E-state index in [-0.39, 0.29) is 49.9 Å². The fraction of sp³-hybridized carbons (Fsp3) is 0.500. The van der Waals surface area contributed by atoms with Gasteiger partial charge in [-0.2, -0.15) is 0 Å². The highest BCUT2D eigenvalue weighted by Gasteiger charge is 2.19. The predicted octanol–water partition coefficient (Wildman–Crippen LogP) is 1.14. The lowest BCUT2D eigenvalue weighted by molar-refractivity contribution is -0.143. The van der Waals surface area contributed by atoms with E-state index < -0.39 is 11.9 Å². The molecule has 0 radical (unpaired) electrons. The quantitative estimate of drug-likeness (QED) is 0.693. The van der Waals surface area contributed by atoms with E-state index >= 15 is 0 Å². The van der Waals surface area contributed by atoms with Crippen molar-refractivity contribution in [3.05, 3.63) is 23.0 Å². The van der Waals surface area contributed by atoms with Gasteiger partial charge in [0.25, 0.3) is 5.91 Å². The Morgan fingerprint density at radius 3 is 2.27 bits per heavy atom. The molecule has 0 aromatic carbocycles. The number of carbonyl (C=O) groups is 3. The smallest absolute Gasteiger partial charge is 0.310 e. The number of aromatic amines is 1. The second-order valence-corrected chi connectivity index (χ2v) is 4.32. The summed E-state index contributed by atoms with van der Waals surface area (Å²) in [7, 11) is 0. The van der Waals surface area contributed by atoms with Crippen LogP contribution in [0.4, 0.5) is 0 Å². The zero-order valence-electron chi connectivity index (χ0n) is 12.6. The van der Waals surface area contributed by atoms with Gasteiger partial charge in [0.05, 0.1) is 19.6 Å². The lowest BCUT2D eigenvalue weighted by Crippen LogP contribution is -2.16. The van der Waals surface area contributed by atoms with Crippen molar-refractivity contribution in [2.45, 2.75) is 33.1 Å². The maximum Gasteiger partial charge on any atom is 0.310 e. The van der Waals surface area contributed by atoms with E-state index in [1.54, 1.807) is 13.8 Å². The summed E-state index contributed by atoms with van der Waals surface area (Å²) in [5.74, 6) is -1.40. The van der Waals surface area contributed by atoms with Crippen molar-refractivity contribution in [1.82, 2.24) is 4.98 Å². The first-order chi connectivity index (χ1) is 9.99. The molecule has 0 atom stereocenters. The largest absolute Gasteiger partial charge is 0.466 e. The molecule has 1 aromatic rings. The van der Waals surface area contributed by atoms with Gasteiger partial charge in [-0.05, 0) is 31.4 Å². The molecule has 22 heavy (non-hydrogen) atoms. The Balaban J connectivity index is 0.00000441. The molecule has 1 heterocycles. The number of ether oxygens (including phenoxy) is 2. The standard InChI is InChI=1S/C14H20N2O5.ClH/c1-3-20-11(17)6-5-10-9(7-12(18)21-4-2)8-16-13(10)14(15)19;/h8,16H,3-7H2,1-2H3,(H2,15,19);1H. The van der Waals surface area contributed by atoms with E-state index in [9.17, 15) is 14.4 Å². The van der Waals surface area contributed by atoms with Gasteiger partial charge in [0.15, 0.2) is 0 Å². The van der Waals surface area contributed by atoms with Gasteiger partial charge in [-0.1, -0.05) is 0 Å². The van der Waals surface area contributed by atoms with E-state index in [0.29, 0.717) is 17.7 Å². The summed E-state index contributed by atoms with van der Waals surface area (Å²) in [5.41, 5.74) is 6.65. The normalized spacial score (nSPS) is 9.73. The van der Waals surface area contributed by atoms with Gasteiger partial charge >= 0.3 is 11.9 Å². The third-order valence-corrected chi connectivity index (χ3v) is 2.85. The van der Waals surface area contributed by atoms with Crippen LogP contribution in [0.2, 0.25) is 0 Å². The van der Waals surface area contributed by atoms with E-state index in [0.717, 1.165) is 0 Å². The van der Waals surface area contributed by atoms with Crippen molar-refractivity contribution in [3.63, 3.8) is 0 Å². The molecule has 1 aromatic heterocycles. The van der Waals surface area contributed by atoms with Crippen molar-refractivity contribution in [3.8, 4) is 0 Å². The summed E-state index contributed by atoms with van der Waals surface area (Å²) >= 11 is 0. The molecule has 0 aliphatic heterocycles. The molecule has 0 aliphatic carbocycles. The van der Waals surface area contributed by atoms with Gasteiger partial charge in [-0.25, -0.2) is 0 Å². The number of hydrogen-bond donors (Lipinski definition) is 2. The molecule has 0 saturated heterocycles. The first-order valence-electron chi connectivity index (χ1n) is 6.79. The summed E-state index contributed by atoms with van der Waals surface area (Å²) in [6.45, 7) is 4.01. The van der Waals surface area contributed by atoms with Gasteiger partial charge in [0.1, 0.15) is 5.69 Å². The number of esters is 2.